The maximum Gasteiger partial charge on any atom is 0.138 e. The summed E-state index contributed by atoms with van der Waals surface area (Å²) in [7, 11) is 0. The summed E-state index contributed by atoms with van der Waals surface area (Å²) in [6.45, 7) is 0.597. The minimum Gasteiger partial charge on any atom is -0.506 e. The van der Waals surface area contributed by atoms with Crippen LogP contribution < -0.4 is 5.32 Å². The zero-order chi connectivity index (χ0) is 12.4. The molecule has 0 radical (unpaired) electrons. The van der Waals surface area contributed by atoms with E-state index in [4.69, 9.17) is 4.42 Å². The van der Waals surface area contributed by atoms with Gasteiger partial charge in [0.2, 0.25) is 0 Å². The van der Waals surface area contributed by atoms with Crippen LogP contribution in [0.25, 0.3) is 0 Å². The zero-order valence-electron chi connectivity index (χ0n) is 10.3. The third kappa shape index (κ3) is 2.21. The molecular weight excluding hydrogens is 226 g/mol. The van der Waals surface area contributed by atoms with Crippen molar-refractivity contribution in [1.29, 1.82) is 0 Å². The van der Waals surface area contributed by atoms with E-state index in [0.717, 1.165) is 24.3 Å². The van der Waals surface area contributed by atoms with Crippen molar-refractivity contribution in [1.82, 2.24) is 0 Å². The van der Waals surface area contributed by atoms with Gasteiger partial charge in [-0.1, -0.05) is 0 Å². The van der Waals surface area contributed by atoms with E-state index < -0.39 is 0 Å². The lowest BCUT2D eigenvalue weighted by molar-refractivity contribution is 0.474. The molecule has 3 rings (SSSR count). The van der Waals surface area contributed by atoms with E-state index in [1.807, 2.05) is 18.2 Å². The van der Waals surface area contributed by atoms with Crippen LogP contribution in [0.4, 0.5) is 5.69 Å². The van der Waals surface area contributed by atoms with Crippen LogP contribution in [0.1, 0.15) is 29.7 Å². The van der Waals surface area contributed by atoms with E-state index in [-0.39, 0.29) is 0 Å². The van der Waals surface area contributed by atoms with Gasteiger partial charge >= 0.3 is 0 Å². The summed E-state index contributed by atoms with van der Waals surface area (Å²) < 4.78 is 5.26. The Labute approximate surface area is 106 Å². The summed E-state index contributed by atoms with van der Waals surface area (Å²) in [5.74, 6) is 1.20. The summed E-state index contributed by atoms with van der Waals surface area (Å²) >= 11 is 0. The highest BCUT2D eigenvalue weighted by Crippen LogP contribution is 2.32. The molecule has 0 atom stereocenters. The van der Waals surface area contributed by atoms with Crippen LogP contribution in [-0.4, -0.2) is 5.11 Å². The SMILES string of the molecule is Oc1cc2c(cc1NCc1ccco1)CCCC2. The third-order valence-corrected chi connectivity index (χ3v) is 3.49. The number of phenols is 1. The molecule has 1 aromatic carbocycles. The van der Waals surface area contributed by atoms with Gasteiger partial charge in [0.15, 0.2) is 0 Å². The van der Waals surface area contributed by atoms with Gasteiger partial charge in [-0.15, -0.1) is 0 Å². The van der Waals surface area contributed by atoms with Gasteiger partial charge in [-0.25, -0.2) is 0 Å². The van der Waals surface area contributed by atoms with Gasteiger partial charge in [-0.3, -0.25) is 0 Å². The van der Waals surface area contributed by atoms with Gasteiger partial charge in [0, 0.05) is 0 Å². The Bertz CT molecular complexity index is 532. The summed E-state index contributed by atoms with van der Waals surface area (Å²) in [5, 5.41) is 13.2. The molecule has 0 saturated heterocycles. The van der Waals surface area contributed by atoms with E-state index in [9.17, 15) is 5.11 Å². The number of furan rings is 1. The minimum atomic E-state index is 0.335. The molecule has 0 saturated carbocycles. The Kier molecular flexibility index (Phi) is 2.97. The molecule has 18 heavy (non-hydrogen) atoms. The number of rotatable bonds is 3. The van der Waals surface area contributed by atoms with Gasteiger partial charge in [0.1, 0.15) is 11.5 Å². The smallest absolute Gasteiger partial charge is 0.138 e. The maximum absolute atomic E-state index is 10.0. The fraction of sp³-hybridized carbons (Fsp3) is 0.333. The summed E-state index contributed by atoms with van der Waals surface area (Å²) in [4.78, 5) is 0. The summed E-state index contributed by atoms with van der Waals surface area (Å²) in [6, 6.07) is 7.76. The molecule has 94 valence electrons. The quantitative estimate of drug-likeness (QED) is 0.811. The van der Waals surface area contributed by atoms with E-state index in [0.29, 0.717) is 12.3 Å². The second kappa shape index (κ2) is 4.77. The minimum absolute atomic E-state index is 0.335. The lowest BCUT2D eigenvalue weighted by Crippen LogP contribution is -2.05. The number of phenolic OH excluding ortho intramolecular Hbond substituents is 1. The Morgan fingerprint density at radius 1 is 1.17 bits per heavy atom. The first kappa shape index (κ1) is 11.2. The molecule has 0 bridgehead atoms. The van der Waals surface area contributed by atoms with E-state index >= 15 is 0 Å². The third-order valence-electron chi connectivity index (χ3n) is 3.49. The van der Waals surface area contributed by atoms with Crippen LogP contribution in [0.15, 0.2) is 34.9 Å². The van der Waals surface area contributed by atoms with Crippen LogP contribution in [0.3, 0.4) is 0 Å². The van der Waals surface area contributed by atoms with Crippen LogP contribution in [0.5, 0.6) is 5.75 Å². The average Bonchev–Trinajstić information content (AvgIpc) is 2.89. The van der Waals surface area contributed by atoms with Crippen LogP contribution in [0.2, 0.25) is 0 Å². The van der Waals surface area contributed by atoms with Crippen molar-refractivity contribution in [2.24, 2.45) is 0 Å². The fourth-order valence-electron chi connectivity index (χ4n) is 2.51. The first-order valence-corrected chi connectivity index (χ1v) is 6.44. The number of hydrogen-bond donors (Lipinski definition) is 2. The Morgan fingerprint density at radius 2 is 1.94 bits per heavy atom. The molecule has 1 aromatic heterocycles. The molecule has 1 heterocycles. The van der Waals surface area contributed by atoms with E-state index in [1.165, 1.54) is 24.0 Å². The van der Waals surface area contributed by atoms with Crippen molar-refractivity contribution >= 4 is 5.69 Å². The predicted octanol–water partition coefficient (Wildman–Crippen LogP) is 3.48. The van der Waals surface area contributed by atoms with Crippen molar-refractivity contribution < 1.29 is 9.52 Å². The maximum atomic E-state index is 10.0. The predicted molar refractivity (Wildman–Crippen MR) is 70.8 cm³/mol. The Balaban J connectivity index is 1.79. The standard InChI is InChI=1S/C15H17NO2/c17-15-9-12-5-2-1-4-11(12)8-14(15)16-10-13-6-3-7-18-13/h3,6-9,16-17H,1-2,4-5,10H2. The van der Waals surface area contributed by atoms with Crippen molar-refractivity contribution in [2.75, 3.05) is 5.32 Å². The molecule has 3 nitrogen and oxygen atoms in total. The molecule has 2 aromatic rings. The second-order valence-corrected chi connectivity index (χ2v) is 4.78. The molecule has 1 aliphatic rings. The van der Waals surface area contributed by atoms with Gasteiger partial charge in [-0.2, -0.15) is 0 Å². The molecule has 0 fully saturated rings. The van der Waals surface area contributed by atoms with Crippen LogP contribution in [0, 0.1) is 0 Å². The Hall–Kier alpha value is -1.90. The highest BCUT2D eigenvalue weighted by molar-refractivity contribution is 5.60. The Morgan fingerprint density at radius 3 is 2.67 bits per heavy atom. The molecule has 3 heteroatoms. The van der Waals surface area contributed by atoms with E-state index in [2.05, 4.69) is 11.4 Å². The molecule has 0 spiro atoms. The monoisotopic (exact) mass is 243 g/mol. The van der Waals surface area contributed by atoms with Crippen LogP contribution in [-0.2, 0) is 19.4 Å². The average molecular weight is 243 g/mol. The topological polar surface area (TPSA) is 45.4 Å². The molecule has 0 amide bonds. The summed E-state index contributed by atoms with van der Waals surface area (Å²) in [5.41, 5.74) is 3.45. The normalized spacial score (nSPS) is 14.2. The van der Waals surface area contributed by atoms with Crippen LogP contribution >= 0.6 is 0 Å². The van der Waals surface area contributed by atoms with Crippen molar-refractivity contribution in [3.8, 4) is 5.75 Å². The number of nitrogens with one attached hydrogen (secondary N) is 1. The fourth-order valence-corrected chi connectivity index (χ4v) is 2.51. The van der Waals surface area contributed by atoms with Gasteiger partial charge < -0.3 is 14.8 Å². The van der Waals surface area contributed by atoms with Crippen molar-refractivity contribution in [3.05, 3.63) is 47.4 Å². The number of anilines is 1. The van der Waals surface area contributed by atoms with Gasteiger partial charge in [-0.05, 0) is 61.1 Å². The highest BCUT2D eigenvalue weighted by atomic mass is 16.3. The zero-order valence-corrected chi connectivity index (χ0v) is 10.3. The molecule has 1 aliphatic carbocycles. The lowest BCUT2D eigenvalue weighted by Gasteiger charge is -2.18. The van der Waals surface area contributed by atoms with Gasteiger partial charge in [0.25, 0.3) is 0 Å². The first-order valence-electron chi connectivity index (χ1n) is 6.44. The number of fused-ring (bicyclic) bond motifs is 1. The number of benzene rings is 1. The molecule has 2 N–H and O–H groups in total. The highest BCUT2D eigenvalue weighted by Gasteiger charge is 2.13. The number of hydrogen-bond acceptors (Lipinski definition) is 3. The first-order chi connectivity index (χ1) is 8.83. The van der Waals surface area contributed by atoms with Crippen molar-refractivity contribution in [3.63, 3.8) is 0 Å². The molecule has 0 unspecified atom stereocenters. The largest absolute Gasteiger partial charge is 0.506 e. The lowest BCUT2D eigenvalue weighted by atomic mass is 9.91. The number of aryl methyl sites for hydroxylation is 2. The number of aromatic hydroxyl groups is 1. The van der Waals surface area contributed by atoms with Gasteiger partial charge in [0.05, 0.1) is 18.5 Å². The van der Waals surface area contributed by atoms with E-state index in [1.54, 1.807) is 6.26 Å². The molecular formula is C15H17NO2. The summed E-state index contributed by atoms with van der Waals surface area (Å²) in [6.07, 6.45) is 6.33. The van der Waals surface area contributed by atoms with Crippen molar-refractivity contribution in [2.45, 2.75) is 32.2 Å². The second-order valence-electron chi connectivity index (χ2n) is 4.78. The molecule has 0 aliphatic heterocycles.